The lowest BCUT2D eigenvalue weighted by atomic mass is 10.3. The molecule has 1 atom stereocenters. The molecule has 0 aliphatic carbocycles. The Morgan fingerprint density at radius 2 is 2.08 bits per heavy atom. The lowest BCUT2D eigenvalue weighted by Gasteiger charge is -2.18. The molecular weight excluding hydrogens is 449 g/mol. The highest BCUT2D eigenvalue weighted by Gasteiger charge is 2.07. The minimum Gasteiger partial charge on any atom is -0.497 e. The van der Waals surface area contributed by atoms with Gasteiger partial charge in [0, 0.05) is 26.1 Å². The lowest BCUT2D eigenvalue weighted by molar-refractivity contribution is 0.223. The van der Waals surface area contributed by atoms with Crippen LogP contribution in [-0.2, 0) is 6.42 Å². The average molecular weight is 475 g/mol. The lowest BCUT2D eigenvalue weighted by Crippen LogP contribution is -2.42. The summed E-state index contributed by atoms with van der Waals surface area (Å²) in [5.74, 6) is 3.48. The molecule has 1 aromatic heterocycles. The quantitative estimate of drug-likeness (QED) is 0.344. The summed E-state index contributed by atoms with van der Waals surface area (Å²) in [5.41, 5.74) is 0. The normalized spacial score (nSPS) is 12.1. The Labute approximate surface area is 170 Å². The number of rotatable bonds is 8. The summed E-state index contributed by atoms with van der Waals surface area (Å²) in [4.78, 5) is 8.34. The van der Waals surface area contributed by atoms with Crippen molar-refractivity contribution in [2.75, 3.05) is 27.2 Å². The van der Waals surface area contributed by atoms with Crippen molar-refractivity contribution in [3.63, 3.8) is 0 Å². The number of halogens is 1. The highest BCUT2D eigenvalue weighted by molar-refractivity contribution is 14.0. The third-order valence-corrected chi connectivity index (χ3v) is 3.36. The molecule has 0 aliphatic heterocycles. The predicted molar refractivity (Wildman–Crippen MR) is 111 cm³/mol. The van der Waals surface area contributed by atoms with Crippen LogP contribution in [-0.4, -0.2) is 49.5 Å². The zero-order valence-electron chi connectivity index (χ0n) is 15.5. The molecule has 0 radical (unpaired) electrons. The van der Waals surface area contributed by atoms with E-state index in [1.54, 1.807) is 21.1 Å². The molecule has 9 heteroatoms. The summed E-state index contributed by atoms with van der Waals surface area (Å²) in [6.45, 7) is 5.04. The Bertz CT molecular complexity index is 693. The Morgan fingerprint density at radius 3 is 2.73 bits per heavy atom. The van der Waals surface area contributed by atoms with Crippen LogP contribution in [0.1, 0.15) is 18.6 Å². The van der Waals surface area contributed by atoms with Crippen molar-refractivity contribution in [2.45, 2.75) is 26.4 Å². The van der Waals surface area contributed by atoms with E-state index in [0.717, 1.165) is 11.5 Å². The second-order valence-electron chi connectivity index (χ2n) is 5.47. The zero-order chi connectivity index (χ0) is 18.1. The first-order chi connectivity index (χ1) is 12.1. The van der Waals surface area contributed by atoms with Crippen LogP contribution in [0.25, 0.3) is 0 Å². The molecule has 0 saturated carbocycles. The maximum atomic E-state index is 5.87. The van der Waals surface area contributed by atoms with Crippen LogP contribution in [0.2, 0.25) is 0 Å². The molecule has 0 saturated heterocycles. The molecule has 1 unspecified atom stereocenters. The molecule has 0 amide bonds. The molecular formula is C17H26IN5O3. The first-order valence-electron chi connectivity index (χ1n) is 8.15. The summed E-state index contributed by atoms with van der Waals surface area (Å²) in [6.07, 6.45) is 0.599. The summed E-state index contributed by atoms with van der Waals surface area (Å²) in [6, 6.07) is 7.54. The van der Waals surface area contributed by atoms with Crippen molar-refractivity contribution in [1.82, 2.24) is 20.8 Å². The standard InChI is InChI=1S/C17H25N5O3.HI/c1-12(24-15-7-5-6-14(10-15)23-4)11-20-17(18-3)19-9-8-16-21-13(2)22-25-16;/h5-7,10,12H,8-9,11H2,1-4H3,(H2,18,19,20);1H. The highest BCUT2D eigenvalue weighted by atomic mass is 127. The van der Waals surface area contributed by atoms with Gasteiger partial charge in [-0.15, -0.1) is 24.0 Å². The second-order valence-corrected chi connectivity index (χ2v) is 5.47. The van der Waals surface area contributed by atoms with Gasteiger partial charge in [0.1, 0.15) is 17.6 Å². The Balaban J connectivity index is 0.00000338. The fourth-order valence-electron chi connectivity index (χ4n) is 2.14. The summed E-state index contributed by atoms with van der Waals surface area (Å²) in [7, 11) is 3.36. The van der Waals surface area contributed by atoms with E-state index in [1.807, 2.05) is 31.2 Å². The van der Waals surface area contributed by atoms with Gasteiger partial charge in [0.2, 0.25) is 5.89 Å². The third-order valence-electron chi connectivity index (χ3n) is 3.36. The van der Waals surface area contributed by atoms with Gasteiger partial charge in [-0.1, -0.05) is 11.2 Å². The number of nitrogens with zero attached hydrogens (tertiary/aromatic N) is 3. The second kappa shape index (κ2) is 11.6. The molecule has 0 spiro atoms. The molecule has 144 valence electrons. The minimum atomic E-state index is -0.0377. The number of guanidine groups is 1. The highest BCUT2D eigenvalue weighted by Crippen LogP contribution is 2.19. The van der Waals surface area contributed by atoms with Gasteiger partial charge in [-0.2, -0.15) is 4.98 Å². The number of benzene rings is 1. The van der Waals surface area contributed by atoms with Crippen LogP contribution >= 0.6 is 24.0 Å². The maximum absolute atomic E-state index is 5.87. The summed E-state index contributed by atoms with van der Waals surface area (Å²) >= 11 is 0. The molecule has 0 aliphatic rings. The fourth-order valence-corrected chi connectivity index (χ4v) is 2.14. The first-order valence-corrected chi connectivity index (χ1v) is 8.15. The number of ether oxygens (including phenoxy) is 2. The molecule has 1 aromatic carbocycles. The van der Waals surface area contributed by atoms with Crippen LogP contribution < -0.4 is 20.1 Å². The predicted octanol–water partition coefficient (Wildman–Crippen LogP) is 2.18. The number of nitrogens with one attached hydrogen (secondary N) is 2. The van der Waals surface area contributed by atoms with Crippen molar-refractivity contribution < 1.29 is 14.0 Å². The molecule has 0 bridgehead atoms. The summed E-state index contributed by atoms with van der Waals surface area (Å²) in [5, 5.41) is 10.2. The van der Waals surface area contributed by atoms with Gasteiger partial charge < -0.3 is 24.6 Å². The number of aromatic nitrogens is 2. The SMILES string of the molecule is CN=C(NCCc1nc(C)no1)NCC(C)Oc1cccc(OC)c1.I. The minimum absolute atomic E-state index is 0. The van der Waals surface area contributed by atoms with E-state index in [1.165, 1.54) is 0 Å². The third kappa shape index (κ3) is 7.46. The van der Waals surface area contributed by atoms with Crippen molar-refractivity contribution in [3.8, 4) is 11.5 Å². The van der Waals surface area contributed by atoms with Crippen LogP contribution in [0.5, 0.6) is 11.5 Å². The van der Waals surface area contributed by atoms with Crippen molar-refractivity contribution in [3.05, 3.63) is 36.0 Å². The van der Waals surface area contributed by atoms with Gasteiger partial charge in [-0.3, -0.25) is 4.99 Å². The van der Waals surface area contributed by atoms with Gasteiger partial charge in [0.25, 0.3) is 0 Å². The van der Waals surface area contributed by atoms with Crippen LogP contribution in [0.15, 0.2) is 33.8 Å². The Hall–Kier alpha value is -2.04. The molecule has 0 fully saturated rings. The molecule has 8 nitrogen and oxygen atoms in total. The van der Waals surface area contributed by atoms with Crippen LogP contribution in [0.3, 0.4) is 0 Å². The zero-order valence-corrected chi connectivity index (χ0v) is 17.8. The number of aliphatic imine (C=N–C) groups is 1. The smallest absolute Gasteiger partial charge is 0.228 e. The molecule has 2 aromatic rings. The van der Waals surface area contributed by atoms with Gasteiger partial charge in [-0.05, 0) is 26.0 Å². The fraction of sp³-hybridized carbons (Fsp3) is 0.471. The van der Waals surface area contributed by atoms with E-state index in [4.69, 9.17) is 14.0 Å². The number of aryl methyl sites for hydroxylation is 1. The van der Waals surface area contributed by atoms with E-state index in [2.05, 4.69) is 25.8 Å². The van der Waals surface area contributed by atoms with Crippen LogP contribution in [0, 0.1) is 6.92 Å². The van der Waals surface area contributed by atoms with Gasteiger partial charge in [0.05, 0.1) is 13.7 Å². The van der Waals surface area contributed by atoms with E-state index < -0.39 is 0 Å². The number of hydrogen-bond acceptors (Lipinski definition) is 6. The van der Waals surface area contributed by atoms with Gasteiger partial charge in [0.15, 0.2) is 11.8 Å². The number of methoxy groups -OCH3 is 1. The molecule has 26 heavy (non-hydrogen) atoms. The Kier molecular flexibility index (Phi) is 9.78. The Morgan fingerprint density at radius 1 is 1.31 bits per heavy atom. The molecule has 2 rings (SSSR count). The van der Waals surface area contributed by atoms with Gasteiger partial charge in [-0.25, -0.2) is 0 Å². The largest absolute Gasteiger partial charge is 0.497 e. The van der Waals surface area contributed by atoms with Crippen molar-refractivity contribution >= 4 is 29.9 Å². The van der Waals surface area contributed by atoms with Crippen molar-refractivity contribution in [1.29, 1.82) is 0 Å². The van der Waals surface area contributed by atoms with Gasteiger partial charge >= 0.3 is 0 Å². The first kappa shape index (κ1) is 22.0. The molecule has 2 N–H and O–H groups in total. The van der Waals surface area contributed by atoms with E-state index in [-0.39, 0.29) is 30.1 Å². The van der Waals surface area contributed by atoms with Crippen LogP contribution in [0.4, 0.5) is 0 Å². The van der Waals surface area contributed by atoms with E-state index >= 15 is 0 Å². The topological polar surface area (TPSA) is 93.8 Å². The summed E-state index contributed by atoms with van der Waals surface area (Å²) < 4.78 is 16.1. The molecule has 1 heterocycles. The maximum Gasteiger partial charge on any atom is 0.228 e. The van der Waals surface area contributed by atoms with E-state index in [0.29, 0.717) is 37.2 Å². The van der Waals surface area contributed by atoms with Crippen molar-refractivity contribution in [2.24, 2.45) is 4.99 Å². The monoisotopic (exact) mass is 475 g/mol. The number of hydrogen-bond donors (Lipinski definition) is 2. The van der Waals surface area contributed by atoms with E-state index in [9.17, 15) is 0 Å². The average Bonchev–Trinajstić information content (AvgIpc) is 3.03.